The van der Waals surface area contributed by atoms with Crippen LogP contribution < -0.4 is 5.32 Å². The first-order valence-corrected chi connectivity index (χ1v) is 5.50. The van der Waals surface area contributed by atoms with Crippen molar-refractivity contribution in [1.82, 2.24) is 5.32 Å². The zero-order chi connectivity index (χ0) is 12.6. The molecule has 0 unspecified atom stereocenters. The van der Waals surface area contributed by atoms with Gasteiger partial charge in [-0.05, 0) is 33.6 Å². The third-order valence-electron chi connectivity index (χ3n) is 1.74. The summed E-state index contributed by atoms with van der Waals surface area (Å²) in [6.07, 6.45) is 1.97. The number of carbonyl (C=O) groups is 2. The van der Waals surface area contributed by atoms with Crippen LogP contribution in [-0.4, -0.2) is 29.3 Å². The van der Waals surface area contributed by atoms with Gasteiger partial charge in [0.15, 0.2) is 0 Å². The molecule has 0 aromatic rings. The van der Waals surface area contributed by atoms with E-state index >= 15 is 0 Å². The second kappa shape index (κ2) is 9.10. The van der Waals surface area contributed by atoms with E-state index < -0.39 is 17.7 Å². The smallest absolute Gasteiger partial charge is 0.407 e. The molecule has 0 fully saturated rings. The van der Waals surface area contributed by atoms with E-state index in [0.717, 1.165) is 12.8 Å². The minimum Gasteiger partial charge on any atom is -0.481 e. The number of ether oxygens (including phenoxy) is 1. The highest BCUT2D eigenvalue weighted by Crippen LogP contribution is 2.06. The van der Waals surface area contributed by atoms with Gasteiger partial charge < -0.3 is 15.2 Å². The highest BCUT2D eigenvalue weighted by Gasteiger charge is 2.15. The summed E-state index contributed by atoms with van der Waals surface area (Å²) < 4.78 is 5.04. The topological polar surface area (TPSA) is 75.6 Å². The van der Waals surface area contributed by atoms with Crippen molar-refractivity contribution in [2.45, 2.75) is 52.1 Å². The summed E-state index contributed by atoms with van der Waals surface area (Å²) in [5.41, 5.74) is -0.479. The molecule has 0 aliphatic rings. The Morgan fingerprint density at radius 2 is 1.76 bits per heavy atom. The van der Waals surface area contributed by atoms with Crippen molar-refractivity contribution >= 4 is 24.5 Å². The Labute approximate surface area is 108 Å². The number of hydrogen-bond donors (Lipinski definition) is 2. The normalized spacial score (nSPS) is 10.3. The van der Waals surface area contributed by atoms with Crippen molar-refractivity contribution in [3.8, 4) is 0 Å². The van der Waals surface area contributed by atoms with Crippen LogP contribution in [0.2, 0.25) is 0 Å². The van der Waals surface area contributed by atoms with E-state index in [1.54, 1.807) is 20.8 Å². The van der Waals surface area contributed by atoms with E-state index in [1.807, 2.05) is 0 Å². The molecule has 0 saturated carbocycles. The van der Waals surface area contributed by atoms with E-state index in [2.05, 4.69) is 5.32 Å². The largest absolute Gasteiger partial charge is 0.481 e. The standard InChI is InChI=1S/C11H21NO4.ClH/c1-11(2,3)16-10(15)12-8-6-4-5-7-9(13)14;/h4-8H2,1-3H3,(H,12,15)(H,13,14);1H. The molecule has 2 N–H and O–H groups in total. The molecule has 0 saturated heterocycles. The number of carboxylic acids is 1. The first-order valence-electron chi connectivity index (χ1n) is 5.50. The second-order valence-electron chi connectivity index (χ2n) is 4.63. The molecule has 0 aromatic carbocycles. The minimum absolute atomic E-state index is 0. The Balaban J connectivity index is 0. The highest BCUT2D eigenvalue weighted by atomic mass is 35.5. The van der Waals surface area contributed by atoms with E-state index in [-0.39, 0.29) is 18.8 Å². The van der Waals surface area contributed by atoms with Crippen molar-refractivity contribution in [3.05, 3.63) is 0 Å². The van der Waals surface area contributed by atoms with Crippen LogP contribution in [0.5, 0.6) is 0 Å². The predicted molar refractivity (Wildman–Crippen MR) is 67.6 cm³/mol. The number of alkyl carbamates (subject to hydrolysis) is 1. The van der Waals surface area contributed by atoms with Crippen LogP contribution in [0.1, 0.15) is 46.5 Å². The molecule has 1 amide bonds. The lowest BCUT2D eigenvalue weighted by Gasteiger charge is -2.19. The van der Waals surface area contributed by atoms with Gasteiger partial charge in [-0.15, -0.1) is 12.4 Å². The van der Waals surface area contributed by atoms with Crippen molar-refractivity contribution in [2.75, 3.05) is 6.54 Å². The second-order valence-corrected chi connectivity index (χ2v) is 4.63. The number of nitrogens with one attached hydrogen (secondary N) is 1. The molecular formula is C11H22ClNO4. The number of carboxylic acid groups (broad SMARTS) is 1. The zero-order valence-corrected chi connectivity index (χ0v) is 11.4. The monoisotopic (exact) mass is 267 g/mol. The lowest BCUT2D eigenvalue weighted by atomic mass is 10.2. The average molecular weight is 268 g/mol. The summed E-state index contributed by atoms with van der Waals surface area (Å²) in [5, 5.41) is 11.0. The third-order valence-corrected chi connectivity index (χ3v) is 1.74. The van der Waals surface area contributed by atoms with Gasteiger partial charge in [0.2, 0.25) is 0 Å². The zero-order valence-electron chi connectivity index (χ0n) is 10.6. The third kappa shape index (κ3) is 15.0. The molecule has 5 nitrogen and oxygen atoms in total. The van der Waals surface area contributed by atoms with Gasteiger partial charge in [-0.1, -0.05) is 6.42 Å². The number of rotatable bonds is 6. The maximum absolute atomic E-state index is 11.2. The number of hydrogen-bond acceptors (Lipinski definition) is 3. The summed E-state index contributed by atoms with van der Waals surface area (Å²) in [4.78, 5) is 21.4. The lowest BCUT2D eigenvalue weighted by Crippen LogP contribution is -2.32. The Kier molecular flexibility index (Phi) is 9.85. The lowest BCUT2D eigenvalue weighted by molar-refractivity contribution is -0.137. The van der Waals surface area contributed by atoms with Crippen LogP contribution in [0.15, 0.2) is 0 Å². The van der Waals surface area contributed by atoms with Gasteiger partial charge in [-0.2, -0.15) is 0 Å². The van der Waals surface area contributed by atoms with E-state index in [1.165, 1.54) is 0 Å². The first kappa shape index (κ1) is 18.4. The van der Waals surface area contributed by atoms with E-state index in [9.17, 15) is 9.59 Å². The fourth-order valence-electron chi connectivity index (χ4n) is 1.08. The van der Waals surface area contributed by atoms with Crippen molar-refractivity contribution < 1.29 is 19.4 Å². The summed E-state index contributed by atoms with van der Waals surface area (Å²) in [5.74, 6) is -0.778. The predicted octanol–water partition coefficient (Wildman–Crippen LogP) is 2.58. The molecule has 0 aliphatic carbocycles. The maximum atomic E-state index is 11.2. The number of carbonyl (C=O) groups excluding carboxylic acids is 1. The van der Waals surface area contributed by atoms with Gasteiger partial charge >= 0.3 is 12.1 Å². The molecular weight excluding hydrogens is 246 g/mol. The molecule has 0 spiro atoms. The van der Waals surface area contributed by atoms with Gasteiger partial charge in [0, 0.05) is 13.0 Å². The molecule has 17 heavy (non-hydrogen) atoms. The molecule has 0 atom stereocenters. The van der Waals surface area contributed by atoms with Crippen LogP contribution in [-0.2, 0) is 9.53 Å². The Morgan fingerprint density at radius 3 is 2.24 bits per heavy atom. The van der Waals surface area contributed by atoms with Crippen LogP contribution in [0.3, 0.4) is 0 Å². The van der Waals surface area contributed by atoms with Crippen molar-refractivity contribution in [3.63, 3.8) is 0 Å². The minimum atomic E-state index is -0.778. The van der Waals surface area contributed by atoms with Crippen LogP contribution in [0, 0.1) is 0 Å². The fraction of sp³-hybridized carbons (Fsp3) is 0.818. The summed E-state index contributed by atoms with van der Waals surface area (Å²) in [6, 6.07) is 0. The molecule has 6 heteroatoms. The van der Waals surface area contributed by atoms with Crippen LogP contribution >= 0.6 is 12.4 Å². The van der Waals surface area contributed by atoms with Crippen LogP contribution in [0.25, 0.3) is 0 Å². The van der Waals surface area contributed by atoms with Gasteiger partial charge in [0.1, 0.15) is 5.60 Å². The number of aliphatic carboxylic acids is 1. The van der Waals surface area contributed by atoms with E-state index in [0.29, 0.717) is 13.0 Å². The quantitative estimate of drug-likeness (QED) is 0.725. The summed E-state index contributed by atoms with van der Waals surface area (Å²) >= 11 is 0. The molecule has 0 aromatic heterocycles. The summed E-state index contributed by atoms with van der Waals surface area (Å²) in [7, 11) is 0. The Hall–Kier alpha value is -0.970. The van der Waals surface area contributed by atoms with Gasteiger partial charge in [0.25, 0.3) is 0 Å². The van der Waals surface area contributed by atoms with Crippen LogP contribution in [0.4, 0.5) is 4.79 Å². The van der Waals surface area contributed by atoms with Crippen molar-refractivity contribution in [1.29, 1.82) is 0 Å². The average Bonchev–Trinajstić information content (AvgIpc) is 2.07. The molecule has 0 heterocycles. The number of amides is 1. The maximum Gasteiger partial charge on any atom is 0.407 e. The summed E-state index contributed by atoms with van der Waals surface area (Å²) in [6.45, 7) is 5.94. The SMILES string of the molecule is CC(C)(C)OC(=O)NCCCCCC(=O)O.Cl. The Bertz CT molecular complexity index is 238. The molecule has 0 aliphatic heterocycles. The molecule has 102 valence electrons. The fourth-order valence-corrected chi connectivity index (χ4v) is 1.08. The molecule has 0 radical (unpaired) electrons. The number of unbranched alkanes of at least 4 members (excludes halogenated alkanes) is 2. The molecule has 0 rings (SSSR count). The highest BCUT2D eigenvalue weighted by molar-refractivity contribution is 5.85. The Morgan fingerprint density at radius 1 is 1.18 bits per heavy atom. The van der Waals surface area contributed by atoms with Crippen molar-refractivity contribution in [2.24, 2.45) is 0 Å². The number of halogens is 1. The van der Waals surface area contributed by atoms with Gasteiger partial charge in [-0.25, -0.2) is 4.79 Å². The molecule has 0 bridgehead atoms. The van der Waals surface area contributed by atoms with E-state index in [4.69, 9.17) is 9.84 Å². The first-order chi connectivity index (χ1) is 7.31. The van der Waals surface area contributed by atoms with Gasteiger partial charge in [0.05, 0.1) is 0 Å². The van der Waals surface area contributed by atoms with Gasteiger partial charge in [-0.3, -0.25) is 4.79 Å².